The molecule has 2 N–H and O–H groups in total. The smallest absolute Gasteiger partial charge is 0.235 e. The van der Waals surface area contributed by atoms with Crippen LogP contribution < -0.4 is 0 Å². The molecule has 2 aromatic rings. The SMILES string of the molecule is CC1(C)CC2(c3cc(O)ccc31)c1cc(O)ccc1C(C)(C)C2[N+](=O)[O-]. The molecular formula is C21H23NO4. The van der Waals surface area contributed by atoms with E-state index in [1.165, 1.54) is 0 Å². The highest BCUT2D eigenvalue weighted by molar-refractivity contribution is 5.63. The molecule has 26 heavy (non-hydrogen) atoms. The maximum absolute atomic E-state index is 12.3. The Kier molecular flexibility index (Phi) is 3.11. The van der Waals surface area contributed by atoms with Crippen LogP contribution in [0.3, 0.4) is 0 Å². The molecule has 2 aromatic carbocycles. The van der Waals surface area contributed by atoms with E-state index in [1.807, 2.05) is 26.0 Å². The summed E-state index contributed by atoms with van der Waals surface area (Å²) in [6, 6.07) is 9.40. The van der Waals surface area contributed by atoms with Crippen molar-refractivity contribution in [3.63, 3.8) is 0 Å². The van der Waals surface area contributed by atoms with E-state index in [0.29, 0.717) is 6.42 Å². The molecule has 0 aliphatic heterocycles. The van der Waals surface area contributed by atoms with Crippen LogP contribution in [0.15, 0.2) is 36.4 Å². The molecule has 0 amide bonds. The van der Waals surface area contributed by atoms with Crippen LogP contribution in [-0.2, 0) is 16.2 Å². The van der Waals surface area contributed by atoms with Gasteiger partial charge in [-0.15, -0.1) is 0 Å². The Morgan fingerprint density at radius 1 is 0.923 bits per heavy atom. The molecule has 2 aliphatic rings. The second-order valence-electron chi connectivity index (χ2n) is 8.90. The summed E-state index contributed by atoms with van der Waals surface area (Å²) in [7, 11) is 0. The van der Waals surface area contributed by atoms with Crippen LogP contribution in [0.5, 0.6) is 11.5 Å². The Bertz CT molecular complexity index is 931. The molecule has 0 fully saturated rings. The van der Waals surface area contributed by atoms with Gasteiger partial charge in [0.1, 0.15) is 11.5 Å². The standard InChI is InChI=1S/C21H23NO4/c1-19(2)11-21(16-9-12(23)5-7-14(16)19)17-10-13(24)6-8-15(17)20(3,4)18(21)22(25)26/h5-10,18,23-24H,11H2,1-4H3. The summed E-state index contributed by atoms with van der Waals surface area (Å²) in [6.07, 6.45) is 0.560. The van der Waals surface area contributed by atoms with E-state index >= 15 is 0 Å². The van der Waals surface area contributed by atoms with Crippen LogP contribution in [0.4, 0.5) is 0 Å². The van der Waals surface area contributed by atoms with E-state index < -0.39 is 16.9 Å². The van der Waals surface area contributed by atoms with E-state index in [1.54, 1.807) is 24.3 Å². The zero-order valence-electron chi connectivity index (χ0n) is 15.4. The van der Waals surface area contributed by atoms with Gasteiger partial charge in [-0.25, -0.2) is 0 Å². The van der Waals surface area contributed by atoms with Crippen molar-refractivity contribution in [2.24, 2.45) is 0 Å². The zero-order chi connectivity index (χ0) is 19.1. The number of hydrogen-bond donors (Lipinski definition) is 2. The van der Waals surface area contributed by atoms with Gasteiger partial charge in [0.25, 0.3) is 0 Å². The lowest BCUT2D eigenvalue weighted by atomic mass is 9.68. The number of nitro groups is 1. The van der Waals surface area contributed by atoms with Gasteiger partial charge in [0.05, 0.1) is 10.8 Å². The third-order valence-corrected chi connectivity index (χ3v) is 6.47. The highest BCUT2D eigenvalue weighted by atomic mass is 16.6. The van der Waals surface area contributed by atoms with E-state index in [2.05, 4.69) is 13.8 Å². The molecule has 136 valence electrons. The predicted molar refractivity (Wildman–Crippen MR) is 98.4 cm³/mol. The number of phenols is 2. The number of rotatable bonds is 1. The summed E-state index contributed by atoms with van der Waals surface area (Å²) >= 11 is 0. The molecule has 5 nitrogen and oxygen atoms in total. The second kappa shape index (κ2) is 4.78. The minimum atomic E-state index is -0.880. The summed E-state index contributed by atoms with van der Waals surface area (Å²) in [5.41, 5.74) is 1.68. The first kappa shape index (κ1) is 16.9. The number of benzene rings is 2. The van der Waals surface area contributed by atoms with Gasteiger partial charge in [-0.05, 0) is 72.2 Å². The maximum Gasteiger partial charge on any atom is 0.235 e. The van der Waals surface area contributed by atoms with Gasteiger partial charge in [0.2, 0.25) is 6.04 Å². The molecule has 0 saturated carbocycles. The van der Waals surface area contributed by atoms with Gasteiger partial charge in [-0.2, -0.15) is 0 Å². The predicted octanol–water partition coefficient (Wildman–Crippen LogP) is 4.00. The largest absolute Gasteiger partial charge is 0.508 e. The molecule has 1 spiro atoms. The van der Waals surface area contributed by atoms with Gasteiger partial charge in [0.15, 0.2) is 0 Å². The zero-order valence-corrected chi connectivity index (χ0v) is 15.4. The lowest BCUT2D eigenvalue weighted by Gasteiger charge is -2.33. The highest BCUT2D eigenvalue weighted by Gasteiger charge is 2.68. The Morgan fingerprint density at radius 3 is 1.96 bits per heavy atom. The molecule has 2 unspecified atom stereocenters. The average molecular weight is 353 g/mol. The molecular weight excluding hydrogens is 330 g/mol. The van der Waals surface area contributed by atoms with Gasteiger partial charge >= 0.3 is 0 Å². The Labute approximate surface area is 152 Å². The highest BCUT2D eigenvalue weighted by Crippen LogP contribution is 2.64. The van der Waals surface area contributed by atoms with Gasteiger partial charge in [-0.1, -0.05) is 26.0 Å². The number of phenolic OH excluding ortho intramolecular Hbond substituents is 2. The second-order valence-corrected chi connectivity index (χ2v) is 8.90. The normalized spacial score (nSPS) is 27.3. The van der Waals surface area contributed by atoms with Gasteiger partial charge in [-0.3, -0.25) is 10.1 Å². The Balaban J connectivity index is 2.15. The summed E-state index contributed by atoms with van der Waals surface area (Å²) in [6.45, 7) is 7.97. The van der Waals surface area contributed by atoms with Crippen molar-refractivity contribution in [2.45, 2.75) is 56.4 Å². The molecule has 0 saturated heterocycles. The fraction of sp³-hybridized carbons (Fsp3) is 0.429. The fourth-order valence-electron chi connectivity index (χ4n) is 5.68. The quantitative estimate of drug-likeness (QED) is 0.599. The molecule has 2 atom stereocenters. The van der Waals surface area contributed by atoms with Crippen molar-refractivity contribution in [3.8, 4) is 11.5 Å². The summed E-state index contributed by atoms with van der Waals surface area (Å²) in [4.78, 5) is 12.1. The number of aromatic hydroxyl groups is 2. The molecule has 0 aromatic heterocycles. The minimum Gasteiger partial charge on any atom is -0.508 e. The number of fused-ring (bicyclic) bond motifs is 4. The van der Waals surface area contributed by atoms with Crippen LogP contribution in [0.2, 0.25) is 0 Å². The number of hydrogen-bond acceptors (Lipinski definition) is 4. The molecule has 5 heteroatoms. The van der Waals surface area contributed by atoms with Crippen molar-refractivity contribution in [3.05, 3.63) is 68.8 Å². The Hall–Kier alpha value is -2.56. The Morgan fingerprint density at radius 2 is 1.42 bits per heavy atom. The molecule has 0 heterocycles. The average Bonchev–Trinajstić information content (AvgIpc) is 2.85. The summed E-state index contributed by atoms with van der Waals surface area (Å²) < 4.78 is 0. The van der Waals surface area contributed by atoms with Crippen molar-refractivity contribution in [2.75, 3.05) is 0 Å². The third-order valence-electron chi connectivity index (χ3n) is 6.47. The summed E-state index contributed by atoms with van der Waals surface area (Å²) in [5.74, 6) is 0.212. The van der Waals surface area contributed by atoms with Crippen LogP contribution in [0.1, 0.15) is 56.4 Å². The van der Waals surface area contributed by atoms with Crippen molar-refractivity contribution < 1.29 is 15.1 Å². The van der Waals surface area contributed by atoms with E-state index in [9.17, 15) is 20.3 Å². The van der Waals surface area contributed by atoms with E-state index in [4.69, 9.17) is 0 Å². The lowest BCUT2D eigenvalue weighted by Crippen LogP contribution is -2.48. The van der Waals surface area contributed by atoms with E-state index in [0.717, 1.165) is 22.3 Å². The number of nitrogens with zero attached hydrogens (tertiary/aromatic N) is 1. The van der Waals surface area contributed by atoms with Gasteiger partial charge < -0.3 is 10.2 Å². The first-order valence-electron chi connectivity index (χ1n) is 8.83. The molecule has 4 rings (SSSR count). The first-order chi connectivity index (χ1) is 12.0. The third kappa shape index (κ3) is 1.86. The molecule has 0 radical (unpaired) electrons. The topological polar surface area (TPSA) is 83.6 Å². The van der Waals surface area contributed by atoms with Crippen molar-refractivity contribution >= 4 is 0 Å². The lowest BCUT2D eigenvalue weighted by molar-refractivity contribution is -0.542. The maximum atomic E-state index is 12.3. The van der Waals surface area contributed by atoms with Crippen LogP contribution in [-0.4, -0.2) is 21.2 Å². The summed E-state index contributed by atoms with van der Waals surface area (Å²) in [5, 5.41) is 32.6. The van der Waals surface area contributed by atoms with E-state index in [-0.39, 0.29) is 21.8 Å². The monoisotopic (exact) mass is 353 g/mol. The molecule has 0 bridgehead atoms. The van der Waals surface area contributed by atoms with Crippen molar-refractivity contribution in [1.82, 2.24) is 0 Å². The van der Waals surface area contributed by atoms with Crippen LogP contribution in [0, 0.1) is 10.1 Å². The van der Waals surface area contributed by atoms with Gasteiger partial charge in [0, 0.05) is 4.92 Å². The molecule has 2 aliphatic carbocycles. The van der Waals surface area contributed by atoms with Crippen LogP contribution >= 0.6 is 0 Å². The fourth-order valence-corrected chi connectivity index (χ4v) is 5.68. The first-order valence-corrected chi connectivity index (χ1v) is 8.83. The van der Waals surface area contributed by atoms with Crippen molar-refractivity contribution in [1.29, 1.82) is 0 Å². The minimum absolute atomic E-state index is 0.106. The van der Waals surface area contributed by atoms with Crippen LogP contribution in [0.25, 0.3) is 0 Å².